The maximum atomic E-state index is 10.8. The van der Waals surface area contributed by atoms with Gasteiger partial charge in [-0.1, -0.05) is 13.2 Å². The number of carbonyl (C=O) groups excluding carboxylic acids is 2. The van der Waals surface area contributed by atoms with Gasteiger partial charge in [-0.05, 0) is 0 Å². The third-order valence-electron chi connectivity index (χ3n) is 1.60. The second kappa shape index (κ2) is 5.71. The van der Waals surface area contributed by atoms with Gasteiger partial charge in [0.15, 0.2) is 0 Å². The van der Waals surface area contributed by atoms with E-state index in [4.69, 9.17) is 15.3 Å². The van der Waals surface area contributed by atoms with Crippen LogP contribution in [0.25, 0.3) is 0 Å². The van der Waals surface area contributed by atoms with Crippen LogP contribution in [0.1, 0.15) is 0 Å². The number of rotatable bonds is 6. The highest BCUT2D eigenvalue weighted by Gasteiger charge is 2.57. The molecule has 0 heterocycles. The lowest BCUT2D eigenvalue weighted by molar-refractivity contribution is -0.480. The van der Waals surface area contributed by atoms with Crippen molar-refractivity contribution in [3.05, 3.63) is 25.3 Å². The first-order valence-corrected chi connectivity index (χ1v) is 4.34. The van der Waals surface area contributed by atoms with E-state index in [0.717, 1.165) is 0 Å². The van der Waals surface area contributed by atoms with Gasteiger partial charge in [0.05, 0.1) is 0 Å². The van der Waals surface area contributed by atoms with E-state index in [9.17, 15) is 19.8 Å². The predicted molar refractivity (Wildman–Crippen MR) is 52.9 cm³/mol. The Bertz CT molecular complexity index is 330. The number of hydrogen-bond acceptors (Lipinski definition) is 9. The number of esters is 2. The van der Waals surface area contributed by atoms with Gasteiger partial charge in [0.25, 0.3) is 0 Å². The zero-order valence-electron chi connectivity index (χ0n) is 9.02. The summed E-state index contributed by atoms with van der Waals surface area (Å²) in [5.74, 6) is -10.6. The van der Waals surface area contributed by atoms with Gasteiger partial charge in [-0.15, -0.1) is 0 Å². The lowest BCUT2D eigenvalue weighted by Gasteiger charge is -2.34. The third-order valence-corrected chi connectivity index (χ3v) is 1.60. The average Bonchev–Trinajstić information content (AvgIpc) is 2.25. The molecule has 0 unspecified atom stereocenters. The van der Waals surface area contributed by atoms with Gasteiger partial charge in [0, 0.05) is 12.2 Å². The summed E-state index contributed by atoms with van der Waals surface area (Å²) in [6.07, 6.45) is -1.49. The lowest BCUT2D eigenvalue weighted by atomic mass is 10.2. The molecular weight excluding hydrogens is 252 g/mol. The SMILES string of the molecule is C=CC(=O)OC(OC(=O)C=C)C(O)(O)C(O)(O)O. The van der Waals surface area contributed by atoms with Gasteiger partial charge >= 0.3 is 30.0 Å². The summed E-state index contributed by atoms with van der Waals surface area (Å²) < 4.78 is 8.27. The van der Waals surface area contributed by atoms with E-state index >= 15 is 0 Å². The van der Waals surface area contributed by atoms with Crippen molar-refractivity contribution in [3.8, 4) is 0 Å². The topological polar surface area (TPSA) is 154 Å². The Morgan fingerprint density at radius 3 is 1.50 bits per heavy atom. The Hall–Kier alpha value is -1.78. The molecule has 0 aromatic carbocycles. The molecule has 0 aromatic heterocycles. The van der Waals surface area contributed by atoms with E-state index in [2.05, 4.69) is 22.6 Å². The molecule has 0 aromatic rings. The highest BCUT2D eigenvalue weighted by atomic mass is 16.8. The maximum absolute atomic E-state index is 10.8. The quantitative estimate of drug-likeness (QED) is 0.193. The van der Waals surface area contributed by atoms with E-state index < -0.39 is 30.0 Å². The normalized spacial score (nSPS) is 11.9. The van der Waals surface area contributed by atoms with E-state index in [1.165, 1.54) is 0 Å². The Morgan fingerprint density at radius 1 is 0.944 bits per heavy atom. The first kappa shape index (κ1) is 16.2. The molecule has 0 spiro atoms. The maximum Gasteiger partial charge on any atom is 0.340 e. The van der Waals surface area contributed by atoms with Crippen LogP contribution in [-0.4, -0.2) is 55.5 Å². The minimum absolute atomic E-state index is 0.568. The van der Waals surface area contributed by atoms with Gasteiger partial charge in [-0.3, -0.25) is 0 Å². The summed E-state index contributed by atoms with van der Waals surface area (Å²) in [6.45, 7) is 5.94. The van der Waals surface area contributed by atoms with Crippen molar-refractivity contribution < 1.29 is 44.6 Å². The van der Waals surface area contributed by atoms with Gasteiger partial charge in [-0.25, -0.2) is 9.59 Å². The minimum Gasteiger partial charge on any atom is -0.416 e. The minimum atomic E-state index is -4.12. The summed E-state index contributed by atoms with van der Waals surface area (Å²) in [5, 5.41) is 44.4. The summed E-state index contributed by atoms with van der Waals surface area (Å²) in [6, 6.07) is 0. The van der Waals surface area contributed by atoms with E-state index in [-0.39, 0.29) is 0 Å². The van der Waals surface area contributed by atoms with Crippen LogP contribution in [0.5, 0.6) is 0 Å². The van der Waals surface area contributed by atoms with Crippen molar-refractivity contribution in [2.75, 3.05) is 0 Å². The predicted octanol–water partition coefficient (Wildman–Crippen LogP) is -2.92. The highest BCUT2D eigenvalue weighted by Crippen LogP contribution is 2.22. The molecule has 0 saturated carbocycles. The molecule has 9 heteroatoms. The standard InChI is InChI=1S/C9H12O9/c1-3-5(10)17-7(18-6(11)4-2)8(12,13)9(14,15)16/h3-4,7,12-16H,1-2H2. The average molecular weight is 264 g/mol. The van der Waals surface area contributed by atoms with Crippen LogP contribution in [-0.2, 0) is 19.1 Å². The largest absolute Gasteiger partial charge is 0.416 e. The molecule has 18 heavy (non-hydrogen) atoms. The van der Waals surface area contributed by atoms with Crippen LogP contribution >= 0.6 is 0 Å². The second-order valence-electron chi connectivity index (χ2n) is 2.98. The zero-order chi connectivity index (χ0) is 14.6. The summed E-state index contributed by atoms with van der Waals surface area (Å²) in [5.41, 5.74) is 0. The monoisotopic (exact) mass is 264 g/mol. The second-order valence-corrected chi connectivity index (χ2v) is 2.98. The molecule has 5 N–H and O–H groups in total. The van der Waals surface area contributed by atoms with E-state index in [1.54, 1.807) is 0 Å². The van der Waals surface area contributed by atoms with Crippen LogP contribution in [0.2, 0.25) is 0 Å². The van der Waals surface area contributed by atoms with Crippen molar-refractivity contribution in [2.45, 2.75) is 18.1 Å². The molecule has 0 saturated heterocycles. The van der Waals surface area contributed by atoms with E-state index in [0.29, 0.717) is 12.2 Å². The van der Waals surface area contributed by atoms with Gasteiger partial charge in [0.1, 0.15) is 0 Å². The molecule has 0 aliphatic heterocycles. The lowest BCUT2D eigenvalue weighted by Crippen LogP contribution is -2.63. The van der Waals surface area contributed by atoms with Crippen LogP contribution in [0.15, 0.2) is 25.3 Å². The van der Waals surface area contributed by atoms with Crippen molar-refractivity contribution in [3.63, 3.8) is 0 Å². The highest BCUT2D eigenvalue weighted by molar-refractivity contribution is 5.83. The smallest absolute Gasteiger partial charge is 0.340 e. The van der Waals surface area contributed by atoms with Gasteiger partial charge < -0.3 is 35.0 Å². The summed E-state index contributed by atoms with van der Waals surface area (Å²) in [7, 11) is 0. The molecule has 102 valence electrons. The van der Waals surface area contributed by atoms with Crippen LogP contribution in [0.4, 0.5) is 0 Å². The molecule has 0 radical (unpaired) electrons. The Balaban J connectivity index is 5.19. The van der Waals surface area contributed by atoms with Crippen molar-refractivity contribution >= 4 is 11.9 Å². The van der Waals surface area contributed by atoms with Crippen molar-refractivity contribution in [1.29, 1.82) is 0 Å². The van der Waals surface area contributed by atoms with Crippen molar-refractivity contribution in [1.82, 2.24) is 0 Å². The van der Waals surface area contributed by atoms with Crippen LogP contribution in [0.3, 0.4) is 0 Å². The number of hydrogen-bond donors (Lipinski definition) is 5. The van der Waals surface area contributed by atoms with Crippen molar-refractivity contribution in [2.24, 2.45) is 0 Å². The Kier molecular flexibility index (Phi) is 5.14. The van der Waals surface area contributed by atoms with Gasteiger partial charge in [-0.2, -0.15) is 0 Å². The molecule has 0 rings (SSSR count). The number of aliphatic hydroxyl groups is 5. The number of carbonyl (C=O) groups is 2. The first-order chi connectivity index (χ1) is 8.06. The van der Waals surface area contributed by atoms with E-state index in [1.807, 2.05) is 0 Å². The molecule has 0 amide bonds. The summed E-state index contributed by atoms with van der Waals surface area (Å²) in [4.78, 5) is 21.7. The molecule has 9 nitrogen and oxygen atoms in total. The molecule has 0 bridgehead atoms. The molecule has 0 fully saturated rings. The Labute approximate surface area is 101 Å². The zero-order valence-corrected chi connectivity index (χ0v) is 9.02. The third kappa shape index (κ3) is 3.91. The molecule has 0 atom stereocenters. The molecule has 0 aliphatic carbocycles. The number of ether oxygens (including phenoxy) is 2. The molecular formula is C9H12O9. The first-order valence-electron chi connectivity index (χ1n) is 4.34. The van der Waals surface area contributed by atoms with Crippen LogP contribution < -0.4 is 0 Å². The Morgan fingerprint density at radius 2 is 1.28 bits per heavy atom. The van der Waals surface area contributed by atoms with Gasteiger partial charge in [0.2, 0.25) is 0 Å². The fourth-order valence-electron chi connectivity index (χ4n) is 0.654. The summed E-state index contributed by atoms with van der Waals surface area (Å²) >= 11 is 0. The fourth-order valence-corrected chi connectivity index (χ4v) is 0.654. The van der Waals surface area contributed by atoms with Crippen LogP contribution in [0, 0.1) is 0 Å². The molecule has 0 aliphatic rings. The fraction of sp³-hybridized carbons (Fsp3) is 0.333.